The molecule has 0 unspecified atom stereocenters. The van der Waals surface area contributed by atoms with E-state index in [0.29, 0.717) is 12.2 Å². The van der Waals surface area contributed by atoms with E-state index in [-0.39, 0.29) is 22.7 Å². The maximum atomic E-state index is 12.0. The van der Waals surface area contributed by atoms with Crippen molar-refractivity contribution in [3.63, 3.8) is 0 Å². The van der Waals surface area contributed by atoms with Crippen molar-refractivity contribution in [3.05, 3.63) is 29.1 Å². The van der Waals surface area contributed by atoms with E-state index in [0.717, 1.165) is 0 Å². The van der Waals surface area contributed by atoms with Gasteiger partial charge in [-0.05, 0) is 47.0 Å². The van der Waals surface area contributed by atoms with Gasteiger partial charge in [0.25, 0.3) is 5.91 Å². The first-order valence-electron chi connectivity index (χ1n) is 6.31. The fraction of sp³-hybridized carbons (Fsp3) is 0.500. The van der Waals surface area contributed by atoms with Crippen LogP contribution in [0.1, 0.15) is 40.4 Å². The van der Waals surface area contributed by atoms with Crippen molar-refractivity contribution in [2.24, 2.45) is 0 Å². The van der Waals surface area contributed by atoms with Crippen LogP contribution >= 0.6 is 0 Å². The number of amides is 1. The van der Waals surface area contributed by atoms with Crippen LogP contribution in [0.5, 0.6) is 0 Å². The van der Waals surface area contributed by atoms with Crippen LogP contribution in [0, 0.1) is 6.92 Å². The fourth-order valence-corrected chi connectivity index (χ4v) is 1.46. The van der Waals surface area contributed by atoms with Gasteiger partial charge >= 0.3 is 5.97 Å². The Labute approximate surface area is 118 Å². The Hall–Kier alpha value is -1.95. The second-order valence-corrected chi connectivity index (χ2v) is 5.52. The minimum absolute atomic E-state index is 0.107. The molecule has 6 nitrogen and oxygen atoms in total. The molecule has 2 N–H and O–H groups in total. The van der Waals surface area contributed by atoms with Gasteiger partial charge in [-0.2, -0.15) is 0 Å². The standard InChI is InChI=1S/C14H21N3O3/c1-9-10(13(19)20)6-7-11(16-9)12(18)15-8-14(2,3)17(4)5/h6-7H,8H2,1-5H3,(H,15,18)(H,19,20). The van der Waals surface area contributed by atoms with Gasteiger partial charge < -0.3 is 15.3 Å². The summed E-state index contributed by atoms with van der Waals surface area (Å²) in [5, 5.41) is 11.7. The van der Waals surface area contributed by atoms with E-state index < -0.39 is 5.97 Å². The molecule has 0 bridgehead atoms. The normalized spacial score (nSPS) is 11.5. The van der Waals surface area contributed by atoms with Crippen molar-refractivity contribution in [1.82, 2.24) is 15.2 Å². The molecule has 0 radical (unpaired) electrons. The summed E-state index contributed by atoms with van der Waals surface area (Å²) >= 11 is 0. The number of rotatable bonds is 5. The summed E-state index contributed by atoms with van der Waals surface area (Å²) in [5.74, 6) is -1.35. The molecule has 110 valence electrons. The predicted molar refractivity (Wildman–Crippen MR) is 76.0 cm³/mol. The molecule has 0 aliphatic heterocycles. The van der Waals surface area contributed by atoms with Crippen molar-refractivity contribution in [2.75, 3.05) is 20.6 Å². The smallest absolute Gasteiger partial charge is 0.337 e. The monoisotopic (exact) mass is 279 g/mol. The van der Waals surface area contributed by atoms with Crippen LogP contribution in [-0.2, 0) is 0 Å². The van der Waals surface area contributed by atoms with Gasteiger partial charge in [0, 0.05) is 12.1 Å². The van der Waals surface area contributed by atoms with E-state index in [9.17, 15) is 9.59 Å². The van der Waals surface area contributed by atoms with E-state index in [1.54, 1.807) is 6.92 Å². The predicted octanol–water partition coefficient (Wildman–Crippen LogP) is 1.16. The highest BCUT2D eigenvalue weighted by Crippen LogP contribution is 2.10. The molecule has 0 fully saturated rings. The van der Waals surface area contributed by atoms with Crippen LogP contribution in [0.4, 0.5) is 0 Å². The molecular formula is C14H21N3O3. The molecule has 0 aliphatic carbocycles. The molecule has 6 heteroatoms. The largest absolute Gasteiger partial charge is 0.478 e. The summed E-state index contributed by atoms with van der Waals surface area (Å²) in [6, 6.07) is 2.82. The van der Waals surface area contributed by atoms with Crippen LogP contribution in [-0.4, -0.2) is 53.0 Å². The van der Waals surface area contributed by atoms with E-state index in [2.05, 4.69) is 10.3 Å². The number of aromatic nitrogens is 1. The number of carboxylic acid groups (broad SMARTS) is 1. The molecule has 1 aromatic rings. The Morgan fingerprint density at radius 3 is 2.40 bits per heavy atom. The summed E-state index contributed by atoms with van der Waals surface area (Å²) in [7, 11) is 3.88. The first-order valence-corrected chi connectivity index (χ1v) is 6.31. The molecule has 0 aromatic carbocycles. The lowest BCUT2D eigenvalue weighted by atomic mass is 10.0. The number of pyridine rings is 1. The molecule has 0 saturated carbocycles. The molecule has 1 aromatic heterocycles. The first-order chi connectivity index (χ1) is 9.15. The maximum Gasteiger partial charge on any atom is 0.337 e. The maximum absolute atomic E-state index is 12.0. The zero-order valence-electron chi connectivity index (χ0n) is 12.5. The highest BCUT2D eigenvalue weighted by Gasteiger charge is 2.22. The van der Waals surface area contributed by atoms with Crippen LogP contribution in [0.25, 0.3) is 0 Å². The van der Waals surface area contributed by atoms with Crippen LogP contribution < -0.4 is 5.32 Å². The van der Waals surface area contributed by atoms with Crippen molar-refractivity contribution in [1.29, 1.82) is 0 Å². The van der Waals surface area contributed by atoms with Gasteiger partial charge in [-0.25, -0.2) is 9.78 Å². The van der Waals surface area contributed by atoms with Gasteiger partial charge in [-0.3, -0.25) is 4.79 Å². The van der Waals surface area contributed by atoms with Gasteiger partial charge in [0.05, 0.1) is 11.3 Å². The second-order valence-electron chi connectivity index (χ2n) is 5.52. The summed E-state index contributed by atoms with van der Waals surface area (Å²) in [6.07, 6.45) is 0. The Balaban J connectivity index is 2.79. The third kappa shape index (κ3) is 3.77. The zero-order chi connectivity index (χ0) is 15.5. The van der Waals surface area contributed by atoms with Crippen LogP contribution in [0.15, 0.2) is 12.1 Å². The molecule has 0 spiro atoms. The molecule has 20 heavy (non-hydrogen) atoms. The first kappa shape index (κ1) is 16.1. The minimum atomic E-state index is -1.05. The van der Waals surface area contributed by atoms with E-state index >= 15 is 0 Å². The quantitative estimate of drug-likeness (QED) is 0.845. The lowest BCUT2D eigenvalue weighted by Crippen LogP contribution is -2.48. The number of carbonyl (C=O) groups excluding carboxylic acids is 1. The Kier molecular flexibility index (Phi) is 4.83. The number of nitrogens with zero attached hydrogens (tertiary/aromatic N) is 2. The zero-order valence-corrected chi connectivity index (χ0v) is 12.5. The number of likely N-dealkylation sites (N-methyl/N-ethyl adjacent to an activating group) is 1. The van der Waals surface area contributed by atoms with Crippen molar-refractivity contribution in [3.8, 4) is 0 Å². The van der Waals surface area contributed by atoms with E-state index in [1.165, 1.54) is 12.1 Å². The summed E-state index contributed by atoms with van der Waals surface area (Å²) in [4.78, 5) is 28.9. The lowest BCUT2D eigenvalue weighted by molar-refractivity contribution is 0.0694. The summed E-state index contributed by atoms with van der Waals surface area (Å²) < 4.78 is 0. The average Bonchev–Trinajstić information content (AvgIpc) is 2.35. The number of aryl methyl sites for hydroxylation is 1. The summed E-state index contributed by atoms with van der Waals surface area (Å²) in [5.41, 5.74) is 0.486. The van der Waals surface area contributed by atoms with Gasteiger partial charge in [0.1, 0.15) is 5.69 Å². The van der Waals surface area contributed by atoms with Gasteiger partial charge in [-0.1, -0.05) is 0 Å². The van der Waals surface area contributed by atoms with Gasteiger partial charge in [-0.15, -0.1) is 0 Å². The lowest BCUT2D eigenvalue weighted by Gasteiger charge is -2.32. The average molecular weight is 279 g/mol. The number of hydrogen-bond donors (Lipinski definition) is 2. The fourth-order valence-electron chi connectivity index (χ4n) is 1.46. The highest BCUT2D eigenvalue weighted by atomic mass is 16.4. The van der Waals surface area contributed by atoms with Gasteiger partial charge in [0.2, 0.25) is 0 Å². The minimum Gasteiger partial charge on any atom is -0.478 e. The Bertz CT molecular complexity index is 524. The molecule has 1 heterocycles. The molecule has 0 atom stereocenters. The second kappa shape index (κ2) is 6.00. The van der Waals surface area contributed by atoms with Crippen molar-refractivity contribution >= 4 is 11.9 Å². The van der Waals surface area contributed by atoms with Gasteiger partial charge in [0.15, 0.2) is 0 Å². The molecule has 1 amide bonds. The molecule has 0 aliphatic rings. The molecule has 0 saturated heterocycles. The topological polar surface area (TPSA) is 82.5 Å². The SMILES string of the molecule is Cc1nc(C(=O)NCC(C)(C)N(C)C)ccc1C(=O)O. The number of aromatic carboxylic acids is 1. The summed E-state index contributed by atoms with van der Waals surface area (Å²) in [6.45, 7) is 6.07. The third-order valence-corrected chi connectivity index (χ3v) is 3.44. The van der Waals surface area contributed by atoms with Crippen LogP contribution in [0.3, 0.4) is 0 Å². The number of carboxylic acids is 1. The van der Waals surface area contributed by atoms with Crippen molar-refractivity contribution in [2.45, 2.75) is 26.3 Å². The highest BCUT2D eigenvalue weighted by molar-refractivity contribution is 5.94. The number of carbonyl (C=O) groups is 2. The van der Waals surface area contributed by atoms with Crippen molar-refractivity contribution < 1.29 is 14.7 Å². The van der Waals surface area contributed by atoms with E-state index in [1.807, 2.05) is 32.8 Å². The van der Waals surface area contributed by atoms with E-state index in [4.69, 9.17) is 5.11 Å². The number of hydrogen-bond acceptors (Lipinski definition) is 4. The van der Waals surface area contributed by atoms with Crippen LogP contribution in [0.2, 0.25) is 0 Å². The number of nitrogens with one attached hydrogen (secondary N) is 1. The molecular weight excluding hydrogens is 258 g/mol. The Morgan fingerprint density at radius 2 is 1.95 bits per heavy atom. The Morgan fingerprint density at radius 1 is 1.35 bits per heavy atom. The third-order valence-electron chi connectivity index (χ3n) is 3.44. The molecule has 1 rings (SSSR count).